The number of nitrogens with zero attached hydrogens (tertiary/aromatic N) is 5. The number of Topliss-reactive ketones (excluding diaryl/α,β-unsaturated/α-hetero) is 1. The molecule has 1 amide bonds. The van der Waals surface area contributed by atoms with Gasteiger partial charge in [0.1, 0.15) is 35.1 Å². The fraction of sp³-hybridized carbons (Fsp3) is 0.725. The summed E-state index contributed by atoms with van der Waals surface area (Å²) in [5.41, 5.74) is 2.70. The molecule has 0 aliphatic carbocycles. The fourth-order valence-corrected chi connectivity index (χ4v) is 8.86. The number of benzene rings is 1. The summed E-state index contributed by atoms with van der Waals surface area (Å²) in [4.78, 5) is 45.8. The lowest BCUT2D eigenvalue weighted by atomic mass is 9.74. The van der Waals surface area contributed by atoms with Gasteiger partial charge in [0.2, 0.25) is 0 Å². The number of hydrogen-bond donors (Lipinski definition) is 2. The minimum Gasteiger partial charge on any atom is -0.455 e. The van der Waals surface area contributed by atoms with Gasteiger partial charge in [-0.2, -0.15) is 15.0 Å². The fourth-order valence-electron chi connectivity index (χ4n) is 8.86. The SMILES string of the molecule is CC[C@H]1OC(=O)/C(C)=C/[C@H](C)[C@@H](O[C@@H]2O[C@H](C)C[C@H](N(C)C)[C@H]2O)[C@](C)(OC)C[C@@H](C)C(=O)[C@H](C)[C@H]2N(NCCCn3nc4ccccc4n3)C(=O)O[C@]12C. The minimum atomic E-state index is -1.37. The first-order valence-electron chi connectivity index (χ1n) is 19.6. The van der Waals surface area contributed by atoms with Crippen LogP contribution in [0.3, 0.4) is 0 Å². The van der Waals surface area contributed by atoms with E-state index in [1.165, 1.54) is 5.01 Å². The Balaban J connectivity index is 1.45. The average molecular weight is 771 g/mol. The van der Waals surface area contributed by atoms with E-state index in [9.17, 15) is 19.5 Å². The molecule has 0 unspecified atom stereocenters. The Hall–Kier alpha value is -3.47. The molecular formula is C40H62N6O9. The molecular weight excluding hydrogens is 708 g/mol. The average Bonchev–Trinajstić information content (AvgIpc) is 3.67. The summed E-state index contributed by atoms with van der Waals surface area (Å²) < 4.78 is 31.4. The van der Waals surface area contributed by atoms with Crippen LogP contribution in [0.25, 0.3) is 11.0 Å². The van der Waals surface area contributed by atoms with Gasteiger partial charge in [-0.25, -0.2) is 20.0 Å². The van der Waals surface area contributed by atoms with Crippen molar-refractivity contribution in [3.05, 3.63) is 35.9 Å². The smallest absolute Gasteiger partial charge is 0.425 e. The van der Waals surface area contributed by atoms with Gasteiger partial charge in [0, 0.05) is 43.0 Å². The van der Waals surface area contributed by atoms with Crippen molar-refractivity contribution in [3.63, 3.8) is 0 Å². The number of aromatic nitrogens is 3. The topological polar surface area (TPSA) is 167 Å². The predicted octanol–water partition coefficient (Wildman–Crippen LogP) is 4.27. The highest BCUT2D eigenvalue weighted by Crippen LogP contribution is 2.42. The number of aryl methyl sites for hydroxylation is 1. The second kappa shape index (κ2) is 17.3. The maximum absolute atomic E-state index is 14.6. The van der Waals surface area contributed by atoms with Gasteiger partial charge in [0.15, 0.2) is 11.9 Å². The Bertz CT molecular complexity index is 1670. The van der Waals surface area contributed by atoms with Crippen molar-refractivity contribution in [1.29, 1.82) is 0 Å². The van der Waals surface area contributed by atoms with Crippen molar-refractivity contribution in [1.82, 2.24) is 30.3 Å². The van der Waals surface area contributed by atoms with Gasteiger partial charge in [-0.05, 0) is 79.6 Å². The highest BCUT2D eigenvalue weighted by molar-refractivity contribution is 5.88. The van der Waals surface area contributed by atoms with E-state index >= 15 is 0 Å². The van der Waals surface area contributed by atoms with Gasteiger partial charge < -0.3 is 33.7 Å². The quantitative estimate of drug-likeness (QED) is 0.260. The normalized spacial score (nSPS) is 37.7. The number of ether oxygens (including phenoxy) is 5. The molecule has 15 heteroatoms. The van der Waals surface area contributed by atoms with Crippen molar-refractivity contribution in [3.8, 4) is 0 Å². The summed E-state index contributed by atoms with van der Waals surface area (Å²) in [7, 11) is 5.39. The van der Waals surface area contributed by atoms with Gasteiger partial charge in [0.05, 0.1) is 24.4 Å². The van der Waals surface area contributed by atoms with Crippen LogP contribution >= 0.6 is 0 Å². The molecule has 0 saturated carbocycles. The molecule has 2 fully saturated rings. The number of amides is 1. The van der Waals surface area contributed by atoms with E-state index in [1.54, 1.807) is 38.8 Å². The molecule has 12 atom stereocenters. The van der Waals surface area contributed by atoms with Crippen LogP contribution in [0.4, 0.5) is 4.79 Å². The van der Waals surface area contributed by atoms with Gasteiger partial charge >= 0.3 is 12.1 Å². The lowest BCUT2D eigenvalue weighted by molar-refractivity contribution is -0.294. The lowest BCUT2D eigenvalue weighted by Crippen LogP contribution is -2.60. The first-order valence-corrected chi connectivity index (χ1v) is 19.6. The summed E-state index contributed by atoms with van der Waals surface area (Å²) in [5, 5.41) is 21.9. The van der Waals surface area contributed by atoms with E-state index in [1.807, 2.05) is 77.9 Å². The molecule has 0 bridgehead atoms. The zero-order valence-electron chi connectivity index (χ0n) is 34.4. The third kappa shape index (κ3) is 8.92. The number of rotatable bonds is 10. The number of esters is 1. The van der Waals surface area contributed by atoms with Crippen molar-refractivity contribution in [2.45, 2.75) is 142 Å². The summed E-state index contributed by atoms with van der Waals surface area (Å²) in [6.07, 6.45) is -0.897. The van der Waals surface area contributed by atoms with Crippen LogP contribution < -0.4 is 5.43 Å². The number of hydrogen-bond acceptors (Lipinski definition) is 13. The summed E-state index contributed by atoms with van der Waals surface area (Å²) in [6, 6.07) is 6.58. The van der Waals surface area contributed by atoms with E-state index in [2.05, 4.69) is 15.6 Å². The molecule has 4 heterocycles. The summed E-state index contributed by atoms with van der Waals surface area (Å²) in [5.74, 6) is -2.48. The number of fused-ring (bicyclic) bond motifs is 2. The van der Waals surface area contributed by atoms with Crippen LogP contribution in [0.15, 0.2) is 35.9 Å². The third-order valence-corrected chi connectivity index (χ3v) is 11.8. The van der Waals surface area contributed by atoms with Gasteiger partial charge in [-0.1, -0.05) is 45.9 Å². The first-order chi connectivity index (χ1) is 25.9. The number of likely N-dealkylation sites (N-methyl/N-ethyl adjacent to an activating group) is 1. The predicted molar refractivity (Wildman–Crippen MR) is 204 cm³/mol. The molecule has 2 saturated heterocycles. The van der Waals surface area contributed by atoms with Crippen molar-refractivity contribution in [2.75, 3.05) is 27.7 Å². The lowest BCUT2D eigenvalue weighted by Gasteiger charge is -2.46. The monoisotopic (exact) mass is 770 g/mol. The third-order valence-electron chi connectivity index (χ3n) is 11.8. The van der Waals surface area contributed by atoms with E-state index in [4.69, 9.17) is 23.7 Å². The molecule has 1 aromatic heterocycles. The van der Waals surface area contributed by atoms with Crippen LogP contribution in [0, 0.1) is 17.8 Å². The van der Waals surface area contributed by atoms with Crippen LogP contribution in [0.5, 0.6) is 0 Å². The van der Waals surface area contributed by atoms with E-state index < -0.39 is 71.7 Å². The highest BCUT2D eigenvalue weighted by atomic mass is 16.7. The van der Waals surface area contributed by atoms with Gasteiger partial charge in [-0.15, -0.1) is 0 Å². The zero-order chi connectivity index (χ0) is 40.4. The largest absolute Gasteiger partial charge is 0.455 e. The molecule has 55 heavy (non-hydrogen) atoms. The van der Waals surface area contributed by atoms with Crippen molar-refractivity contribution >= 4 is 28.9 Å². The Morgan fingerprint density at radius 1 is 1.07 bits per heavy atom. The number of nitrogens with one attached hydrogen (secondary N) is 1. The van der Waals surface area contributed by atoms with Gasteiger partial charge in [-0.3, -0.25) is 4.79 Å². The maximum Gasteiger partial charge on any atom is 0.425 e. The van der Waals surface area contributed by atoms with Gasteiger partial charge in [0.25, 0.3) is 0 Å². The molecule has 5 rings (SSSR count). The van der Waals surface area contributed by atoms with Crippen molar-refractivity contribution in [2.24, 2.45) is 17.8 Å². The van der Waals surface area contributed by atoms with Crippen LogP contribution in [-0.4, -0.2) is 130 Å². The molecule has 0 spiro atoms. The highest BCUT2D eigenvalue weighted by Gasteiger charge is 2.60. The molecule has 3 aliphatic rings. The molecule has 0 radical (unpaired) electrons. The maximum atomic E-state index is 14.6. The Labute approximate surface area is 324 Å². The van der Waals surface area contributed by atoms with E-state index in [0.717, 1.165) is 11.0 Å². The second-order valence-corrected chi connectivity index (χ2v) is 16.4. The van der Waals surface area contributed by atoms with E-state index in [-0.39, 0.29) is 24.3 Å². The number of aliphatic hydroxyl groups excluding tert-OH is 1. The number of methoxy groups -OCH3 is 1. The standard InChI is InChI=1S/C40H62N6O9/c1-12-31-40(8)34(46(38(50)55-40)41-18-15-19-45-42-28-16-13-14-17-29(28)43-45)27(6)32(47)25(4)22-39(7,51-11)35(23(2)20-24(3)36(49)53-31)54-37-33(48)30(44(9)10)21-26(5)52-37/h13-14,16-17,20,23,25-27,30-31,33-35,37,41,48H,12,15,18-19,21-22H2,1-11H3/b24-20+/t23-,25+,26+,27-,30-,31+,33+,34+,35+,37-,39+,40+/m0/s1. The van der Waals surface area contributed by atoms with Crippen LogP contribution in [0.2, 0.25) is 0 Å². The Morgan fingerprint density at radius 3 is 2.33 bits per heavy atom. The van der Waals surface area contributed by atoms with Crippen LogP contribution in [-0.2, 0) is 39.8 Å². The first kappa shape index (κ1) is 42.7. The molecule has 1 aromatic carbocycles. The zero-order valence-corrected chi connectivity index (χ0v) is 34.4. The molecule has 2 aromatic rings. The van der Waals surface area contributed by atoms with E-state index in [0.29, 0.717) is 37.9 Å². The number of hydrazine groups is 1. The number of carbonyl (C=O) groups excluding carboxylic acids is 3. The molecule has 2 N–H and O–H groups in total. The summed E-state index contributed by atoms with van der Waals surface area (Å²) >= 11 is 0. The number of carbonyl (C=O) groups is 3. The minimum absolute atomic E-state index is 0.122. The van der Waals surface area contributed by atoms with Crippen LogP contribution in [0.1, 0.15) is 81.1 Å². The number of aliphatic hydroxyl groups is 1. The molecule has 306 valence electrons. The number of cyclic esters (lactones) is 1. The molecule has 15 nitrogen and oxygen atoms in total. The summed E-state index contributed by atoms with van der Waals surface area (Å²) in [6.45, 7) is 15.5. The van der Waals surface area contributed by atoms with Crippen molar-refractivity contribution < 1.29 is 43.2 Å². The Morgan fingerprint density at radius 2 is 1.73 bits per heavy atom. The Kier molecular flexibility index (Phi) is 13.5. The number of ketones is 1. The molecule has 3 aliphatic heterocycles. The second-order valence-electron chi connectivity index (χ2n) is 16.4.